The topological polar surface area (TPSA) is 74.3 Å². The first-order valence-corrected chi connectivity index (χ1v) is 14.6. The molecule has 2 atom stereocenters. The zero-order chi connectivity index (χ0) is 28.0. The summed E-state index contributed by atoms with van der Waals surface area (Å²) < 4.78 is 0. The Labute approximate surface area is 241 Å². The third-order valence-electron chi connectivity index (χ3n) is 8.36. The molecule has 6 heteroatoms. The second-order valence-electron chi connectivity index (χ2n) is 11.2. The first kappa shape index (κ1) is 26.8. The Kier molecular flexibility index (Phi) is 8.08. The summed E-state index contributed by atoms with van der Waals surface area (Å²) >= 11 is 0. The third kappa shape index (κ3) is 6.65. The summed E-state index contributed by atoms with van der Waals surface area (Å²) in [5.74, 6) is 0.708. The van der Waals surface area contributed by atoms with Crippen LogP contribution in [0.3, 0.4) is 0 Å². The van der Waals surface area contributed by atoms with Gasteiger partial charge >= 0.3 is 0 Å². The zero-order valence-electron chi connectivity index (χ0n) is 23.2. The molecule has 2 amide bonds. The number of amides is 2. The summed E-state index contributed by atoms with van der Waals surface area (Å²) in [6.07, 6.45) is 7.57. The van der Waals surface area contributed by atoms with Gasteiger partial charge in [-0.25, -0.2) is 0 Å². The second kappa shape index (κ2) is 12.4. The van der Waals surface area contributed by atoms with Crippen LogP contribution < -0.4 is 15.5 Å². The van der Waals surface area contributed by atoms with Gasteiger partial charge in [-0.1, -0.05) is 66.7 Å². The van der Waals surface area contributed by atoms with E-state index in [0.29, 0.717) is 23.7 Å². The van der Waals surface area contributed by atoms with Gasteiger partial charge in [0.25, 0.3) is 5.91 Å². The molecule has 2 aliphatic rings. The Morgan fingerprint density at radius 1 is 0.854 bits per heavy atom. The maximum Gasteiger partial charge on any atom is 0.253 e. The van der Waals surface area contributed by atoms with Crippen LogP contribution in [-0.2, 0) is 17.8 Å². The normalized spacial score (nSPS) is 18.5. The first-order chi connectivity index (χ1) is 20.1. The van der Waals surface area contributed by atoms with Crippen LogP contribution in [0.1, 0.15) is 52.2 Å². The van der Waals surface area contributed by atoms with Gasteiger partial charge in [-0.2, -0.15) is 0 Å². The number of rotatable bonds is 9. The number of carbonyl (C=O) groups is 2. The molecule has 2 N–H and O–H groups in total. The standard InChI is InChI=1S/C35H36N4O2/c40-34(37-24-27-10-7-17-36-23-27)32-21-29(38-35(41)31-22-30(31)28-11-5-2-6-12-28)13-14-33(32)39-18-15-26(16-19-39)20-25-8-3-1-4-9-25/h1-14,17,21,23,26,30-31H,15-16,18-20,22,24H2,(H,37,40)(H,38,41). The van der Waals surface area contributed by atoms with Crippen molar-refractivity contribution >= 4 is 23.2 Å². The molecule has 3 aromatic carbocycles. The van der Waals surface area contributed by atoms with Crippen molar-refractivity contribution in [2.24, 2.45) is 11.8 Å². The van der Waals surface area contributed by atoms with Gasteiger partial charge in [0.05, 0.1) is 5.56 Å². The van der Waals surface area contributed by atoms with Gasteiger partial charge in [0.2, 0.25) is 5.91 Å². The molecule has 4 aromatic rings. The SMILES string of the molecule is O=C(NCc1cccnc1)c1cc(NC(=O)C2CC2c2ccccc2)ccc1N1CCC(Cc2ccccc2)CC1. The molecule has 1 aliphatic heterocycles. The molecule has 1 saturated heterocycles. The average molecular weight is 545 g/mol. The highest BCUT2D eigenvalue weighted by molar-refractivity contribution is 6.02. The lowest BCUT2D eigenvalue weighted by Crippen LogP contribution is -2.36. The smallest absolute Gasteiger partial charge is 0.253 e. The number of anilines is 2. The van der Waals surface area contributed by atoms with Crippen LogP contribution in [0.2, 0.25) is 0 Å². The highest BCUT2D eigenvalue weighted by Gasteiger charge is 2.43. The fraction of sp³-hybridized carbons (Fsp3) is 0.286. The van der Waals surface area contributed by atoms with Gasteiger partial charge in [-0.05, 0) is 78.5 Å². The minimum absolute atomic E-state index is 0.00930. The molecule has 2 heterocycles. The van der Waals surface area contributed by atoms with Crippen molar-refractivity contribution in [1.29, 1.82) is 0 Å². The quantitative estimate of drug-likeness (QED) is 0.263. The Morgan fingerprint density at radius 3 is 2.32 bits per heavy atom. The Morgan fingerprint density at radius 2 is 1.59 bits per heavy atom. The van der Waals surface area contributed by atoms with Gasteiger partial charge in [-0.15, -0.1) is 0 Å². The summed E-state index contributed by atoms with van der Waals surface area (Å²) in [7, 11) is 0. The van der Waals surface area contributed by atoms with Crippen LogP contribution in [0.5, 0.6) is 0 Å². The van der Waals surface area contributed by atoms with Crippen LogP contribution in [-0.4, -0.2) is 29.9 Å². The van der Waals surface area contributed by atoms with Crippen LogP contribution in [0.4, 0.5) is 11.4 Å². The maximum absolute atomic E-state index is 13.5. The highest BCUT2D eigenvalue weighted by Crippen LogP contribution is 2.48. The molecule has 0 bridgehead atoms. The van der Waals surface area contributed by atoms with E-state index in [1.165, 1.54) is 11.1 Å². The number of piperidine rings is 1. The summed E-state index contributed by atoms with van der Waals surface area (Å²) in [4.78, 5) is 33.1. The lowest BCUT2D eigenvalue weighted by Gasteiger charge is -2.35. The van der Waals surface area contributed by atoms with Crippen LogP contribution in [0.25, 0.3) is 0 Å². The largest absolute Gasteiger partial charge is 0.371 e. The van der Waals surface area contributed by atoms with Crippen LogP contribution in [0.15, 0.2) is 103 Å². The first-order valence-electron chi connectivity index (χ1n) is 14.6. The van der Waals surface area contributed by atoms with Crippen molar-refractivity contribution in [3.8, 4) is 0 Å². The van der Waals surface area contributed by atoms with Gasteiger partial charge in [0, 0.05) is 49.3 Å². The van der Waals surface area contributed by atoms with E-state index in [1.54, 1.807) is 12.4 Å². The summed E-state index contributed by atoms with van der Waals surface area (Å²) in [6.45, 7) is 2.18. The number of nitrogens with zero attached hydrogens (tertiary/aromatic N) is 2. The number of aromatic nitrogens is 1. The number of benzene rings is 3. The summed E-state index contributed by atoms with van der Waals surface area (Å²) in [6, 6.07) is 30.4. The number of pyridine rings is 1. The second-order valence-corrected chi connectivity index (χ2v) is 11.2. The van der Waals surface area contributed by atoms with E-state index in [4.69, 9.17) is 0 Å². The molecular formula is C35H36N4O2. The Bertz CT molecular complexity index is 1470. The molecule has 2 fully saturated rings. The van der Waals surface area contributed by atoms with E-state index in [-0.39, 0.29) is 23.7 Å². The minimum atomic E-state index is -0.153. The predicted octanol–water partition coefficient (Wildman–Crippen LogP) is 6.21. The van der Waals surface area contributed by atoms with Crippen molar-refractivity contribution in [2.45, 2.75) is 38.1 Å². The Balaban J connectivity index is 1.16. The van der Waals surface area contributed by atoms with E-state index in [0.717, 1.165) is 50.0 Å². The highest BCUT2D eigenvalue weighted by atomic mass is 16.2. The Hall–Kier alpha value is -4.45. The molecule has 1 aromatic heterocycles. The average Bonchev–Trinajstić information content (AvgIpc) is 3.83. The molecular weight excluding hydrogens is 508 g/mol. The molecule has 1 saturated carbocycles. The fourth-order valence-electron chi connectivity index (χ4n) is 5.97. The molecule has 41 heavy (non-hydrogen) atoms. The van der Waals surface area contributed by atoms with E-state index in [1.807, 2.05) is 48.5 Å². The number of hydrogen-bond donors (Lipinski definition) is 2. The fourth-order valence-corrected chi connectivity index (χ4v) is 5.97. The lowest BCUT2D eigenvalue weighted by atomic mass is 9.89. The van der Waals surface area contributed by atoms with E-state index in [9.17, 15) is 9.59 Å². The molecule has 6 rings (SSSR count). The number of nitrogens with one attached hydrogen (secondary N) is 2. The van der Waals surface area contributed by atoms with Gasteiger partial charge in [0.1, 0.15) is 0 Å². The van der Waals surface area contributed by atoms with Gasteiger partial charge in [0.15, 0.2) is 0 Å². The lowest BCUT2D eigenvalue weighted by molar-refractivity contribution is -0.117. The maximum atomic E-state index is 13.5. The number of hydrogen-bond acceptors (Lipinski definition) is 4. The summed E-state index contributed by atoms with van der Waals surface area (Å²) in [5, 5.41) is 6.15. The molecule has 0 spiro atoms. The van der Waals surface area contributed by atoms with Gasteiger partial charge in [-0.3, -0.25) is 14.6 Å². The molecule has 1 aliphatic carbocycles. The monoisotopic (exact) mass is 544 g/mol. The van der Waals surface area contributed by atoms with Crippen molar-refractivity contribution in [1.82, 2.24) is 10.3 Å². The van der Waals surface area contributed by atoms with Crippen molar-refractivity contribution < 1.29 is 9.59 Å². The van der Waals surface area contributed by atoms with E-state index in [2.05, 4.69) is 63.0 Å². The molecule has 208 valence electrons. The molecule has 2 unspecified atom stereocenters. The predicted molar refractivity (Wildman–Crippen MR) is 163 cm³/mol. The van der Waals surface area contributed by atoms with Crippen molar-refractivity contribution in [3.63, 3.8) is 0 Å². The van der Waals surface area contributed by atoms with Crippen molar-refractivity contribution in [3.05, 3.63) is 126 Å². The van der Waals surface area contributed by atoms with Crippen LogP contribution >= 0.6 is 0 Å². The summed E-state index contributed by atoms with van der Waals surface area (Å²) in [5.41, 5.74) is 5.68. The zero-order valence-corrected chi connectivity index (χ0v) is 23.2. The van der Waals surface area contributed by atoms with Gasteiger partial charge < -0.3 is 15.5 Å². The molecule has 6 nitrogen and oxygen atoms in total. The number of carbonyl (C=O) groups excluding carboxylic acids is 2. The molecule has 0 radical (unpaired) electrons. The van der Waals surface area contributed by atoms with E-state index < -0.39 is 0 Å². The van der Waals surface area contributed by atoms with E-state index >= 15 is 0 Å². The van der Waals surface area contributed by atoms with Crippen LogP contribution in [0, 0.1) is 11.8 Å². The third-order valence-corrected chi connectivity index (χ3v) is 8.36. The van der Waals surface area contributed by atoms with Crippen molar-refractivity contribution in [2.75, 3.05) is 23.3 Å². The minimum Gasteiger partial charge on any atom is -0.371 e.